The molecule has 0 aliphatic carbocycles. The molecule has 0 radical (unpaired) electrons. The lowest BCUT2D eigenvalue weighted by Gasteiger charge is -2.49. The lowest BCUT2D eigenvalue weighted by Crippen LogP contribution is -2.67. The summed E-state index contributed by atoms with van der Waals surface area (Å²) in [6.45, 7) is -2.01. The Morgan fingerprint density at radius 2 is 1.54 bits per heavy atom. The molecule has 2 saturated heterocycles. The molecule has 0 aromatic carbocycles. The first kappa shape index (κ1) is 23.2. The standard InChI is InChI=1S/C14H25N2O12/c1-16(24)15-4-25-12-11(8(20)6(3-18)26-13(12)23)28-14-10(22)9(21)7(19)5(2-17)27-14/h5-14,17-22H,2-4H2,1H3/q-1/b16-15-/t5-,6-,7-,8-,9+,10-,11+,12-,13-,14+/m1/s1. The largest absolute Gasteiger partial charge is 0.829 e. The predicted octanol–water partition coefficient (Wildman–Crippen LogP) is -5.46. The number of ether oxygens (including phenoxy) is 4. The van der Waals surface area contributed by atoms with Gasteiger partial charge in [0.2, 0.25) is 6.73 Å². The molecule has 0 saturated carbocycles. The van der Waals surface area contributed by atoms with Crippen LogP contribution >= 0.6 is 0 Å². The summed E-state index contributed by atoms with van der Waals surface area (Å²) in [6.07, 6.45) is -16.1. The molecule has 164 valence electrons. The van der Waals surface area contributed by atoms with E-state index in [4.69, 9.17) is 18.9 Å². The van der Waals surface area contributed by atoms with Crippen molar-refractivity contribution in [2.75, 3.05) is 27.0 Å². The Balaban J connectivity index is 2.19. The topological polar surface area (TPSA) is 220 Å². The average Bonchev–Trinajstić information content (AvgIpc) is 2.66. The molecule has 14 heteroatoms. The smallest absolute Gasteiger partial charge is 0.201 e. The van der Waals surface area contributed by atoms with Crippen LogP contribution in [0.25, 0.3) is 0 Å². The number of azo groups is 1. The fraction of sp³-hybridized carbons (Fsp3) is 1.00. The van der Waals surface area contributed by atoms with E-state index in [0.29, 0.717) is 0 Å². The van der Waals surface area contributed by atoms with Crippen molar-refractivity contribution < 1.29 is 59.6 Å². The van der Waals surface area contributed by atoms with E-state index in [1.807, 2.05) is 0 Å². The zero-order valence-electron chi connectivity index (χ0n) is 14.9. The van der Waals surface area contributed by atoms with E-state index in [0.717, 1.165) is 7.05 Å². The number of aliphatic hydroxyl groups is 6. The fourth-order valence-corrected chi connectivity index (χ4v) is 2.91. The maximum absolute atomic E-state index is 12.2. The first-order chi connectivity index (χ1) is 13.2. The molecule has 2 fully saturated rings. The number of nitrogens with zero attached hydrogens (tertiary/aromatic N) is 2. The van der Waals surface area contributed by atoms with Gasteiger partial charge in [-0.3, -0.25) is 0 Å². The molecule has 0 aromatic rings. The van der Waals surface area contributed by atoms with Crippen molar-refractivity contribution in [3.63, 3.8) is 0 Å². The van der Waals surface area contributed by atoms with Gasteiger partial charge in [-0.25, -0.2) is 0 Å². The molecule has 2 heterocycles. The van der Waals surface area contributed by atoms with Gasteiger partial charge in [0.1, 0.15) is 48.8 Å². The average molecular weight is 413 g/mol. The van der Waals surface area contributed by atoms with Gasteiger partial charge in [-0.1, -0.05) is 4.86 Å². The van der Waals surface area contributed by atoms with Gasteiger partial charge < -0.3 is 59.9 Å². The highest BCUT2D eigenvalue weighted by atomic mass is 16.7. The summed E-state index contributed by atoms with van der Waals surface area (Å²) in [5.74, 6) is 0. The van der Waals surface area contributed by atoms with E-state index in [2.05, 4.69) is 5.11 Å². The summed E-state index contributed by atoms with van der Waals surface area (Å²) >= 11 is 0. The first-order valence-electron chi connectivity index (χ1n) is 8.47. The zero-order chi connectivity index (χ0) is 21.0. The highest BCUT2D eigenvalue weighted by Crippen LogP contribution is 2.29. The third-order valence-corrected chi connectivity index (χ3v) is 4.46. The number of hydrogen-bond acceptors (Lipinski definition) is 13. The summed E-state index contributed by atoms with van der Waals surface area (Å²) < 4.78 is 20.7. The second kappa shape index (κ2) is 10.1. The molecule has 2 rings (SSSR count). The van der Waals surface area contributed by atoms with E-state index in [1.54, 1.807) is 0 Å². The number of rotatable bonds is 7. The van der Waals surface area contributed by atoms with Crippen LogP contribution in [0.1, 0.15) is 0 Å². The minimum atomic E-state index is -1.96. The van der Waals surface area contributed by atoms with Crippen LogP contribution < -0.4 is 5.11 Å². The molecule has 0 bridgehead atoms. The summed E-state index contributed by atoms with van der Waals surface area (Å²) in [6, 6.07) is 0. The SMILES string of the molecule is C/[N+]([O-])=N/CO[C@@H]1[C@@H](O[C@@H]2O[C@H](CO)[C@@H](O)[C@H](O)[C@H]2O)[C@H](O)[C@@H](CO)O[C@H]1[O-]. The normalized spacial score (nSPS) is 45.2. The molecule has 14 nitrogen and oxygen atoms in total. The van der Waals surface area contributed by atoms with Crippen molar-refractivity contribution in [1.29, 1.82) is 0 Å². The van der Waals surface area contributed by atoms with Crippen LogP contribution in [-0.2, 0) is 18.9 Å². The Hall–Kier alpha value is -1.04. The maximum atomic E-state index is 12.2. The van der Waals surface area contributed by atoms with Gasteiger partial charge in [0, 0.05) is 6.29 Å². The third-order valence-electron chi connectivity index (χ3n) is 4.46. The van der Waals surface area contributed by atoms with Gasteiger partial charge in [0.05, 0.1) is 13.2 Å². The van der Waals surface area contributed by atoms with Gasteiger partial charge in [-0.2, -0.15) is 0 Å². The molecule has 2 aliphatic rings. The van der Waals surface area contributed by atoms with Crippen LogP contribution in [0.2, 0.25) is 0 Å². The Labute approximate surface area is 159 Å². The Kier molecular flexibility index (Phi) is 8.41. The minimum Gasteiger partial charge on any atom is -0.829 e. The van der Waals surface area contributed by atoms with Gasteiger partial charge in [0.15, 0.2) is 13.3 Å². The molecule has 0 spiro atoms. The lowest BCUT2D eigenvalue weighted by molar-refractivity contribution is -0.541. The van der Waals surface area contributed by atoms with E-state index >= 15 is 0 Å². The number of hydroxylamine groups is 1. The predicted molar refractivity (Wildman–Crippen MR) is 82.1 cm³/mol. The number of aliphatic hydroxyl groups excluding tert-OH is 6. The molecule has 10 atom stereocenters. The quantitative estimate of drug-likeness (QED) is 0.131. The van der Waals surface area contributed by atoms with Crippen molar-refractivity contribution in [2.24, 2.45) is 5.11 Å². The van der Waals surface area contributed by atoms with Crippen molar-refractivity contribution in [1.82, 2.24) is 0 Å². The second-order valence-corrected chi connectivity index (χ2v) is 6.38. The van der Waals surface area contributed by atoms with Crippen LogP contribution in [0, 0.1) is 5.21 Å². The van der Waals surface area contributed by atoms with E-state index in [-0.39, 0.29) is 4.86 Å². The van der Waals surface area contributed by atoms with Crippen molar-refractivity contribution in [3.05, 3.63) is 5.21 Å². The zero-order valence-corrected chi connectivity index (χ0v) is 14.9. The summed E-state index contributed by atoms with van der Waals surface area (Å²) in [5, 5.41) is 85.0. The van der Waals surface area contributed by atoms with Crippen LogP contribution in [-0.4, -0.2) is 124 Å². The van der Waals surface area contributed by atoms with Crippen LogP contribution in [0.4, 0.5) is 0 Å². The van der Waals surface area contributed by atoms with E-state index < -0.39 is 81.4 Å². The maximum Gasteiger partial charge on any atom is 0.201 e. The van der Waals surface area contributed by atoms with Crippen LogP contribution in [0.3, 0.4) is 0 Å². The minimum absolute atomic E-state index is 0.184. The monoisotopic (exact) mass is 413 g/mol. The molecule has 0 unspecified atom stereocenters. The highest BCUT2D eigenvalue weighted by molar-refractivity contribution is 4.94. The second-order valence-electron chi connectivity index (χ2n) is 6.38. The van der Waals surface area contributed by atoms with Gasteiger partial charge in [-0.15, -0.1) is 0 Å². The van der Waals surface area contributed by atoms with Gasteiger partial charge >= 0.3 is 0 Å². The van der Waals surface area contributed by atoms with Crippen LogP contribution in [0.15, 0.2) is 5.11 Å². The van der Waals surface area contributed by atoms with Gasteiger partial charge in [-0.05, 0) is 5.11 Å². The molecule has 28 heavy (non-hydrogen) atoms. The summed E-state index contributed by atoms with van der Waals surface area (Å²) in [4.78, 5) is 0.184. The number of hydrogen-bond donors (Lipinski definition) is 6. The van der Waals surface area contributed by atoms with Crippen molar-refractivity contribution in [3.8, 4) is 0 Å². The highest BCUT2D eigenvalue weighted by Gasteiger charge is 2.49. The summed E-state index contributed by atoms with van der Waals surface area (Å²) in [5.41, 5.74) is 0. The Morgan fingerprint density at radius 3 is 2.11 bits per heavy atom. The van der Waals surface area contributed by atoms with Crippen molar-refractivity contribution >= 4 is 0 Å². The molecule has 0 aromatic heterocycles. The fourth-order valence-electron chi connectivity index (χ4n) is 2.91. The van der Waals surface area contributed by atoms with Crippen molar-refractivity contribution in [2.45, 2.75) is 61.4 Å². The lowest BCUT2D eigenvalue weighted by atomic mass is 9.97. The molecular weight excluding hydrogens is 388 g/mol. The Morgan fingerprint density at radius 1 is 0.929 bits per heavy atom. The Bertz CT molecular complexity index is 519. The molecule has 2 aliphatic heterocycles. The third kappa shape index (κ3) is 5.11. The van der Waals surface area contributed by atoms with E-state index in [1.165, 1.54) is 0 Å². The van der Waals surface area contributed by atoms with Gasteiger partial charge in [0.25, 0.3) is 0 Å². The van der Waals surface area contributed by atoms with Crippen LogP contribution in [0.5, 0.6) is 0 Å². The van der Waals surface area contributed by atoms with E-state index in [9.17, 15) is 41.0 Å². The molecule has 0 amide bonds. The first-order valence-corrected chi connectivity index (χ1v) is 8.47. The summed E-state index contributed by atoms with van der Waals surface area (Å²) in [7, 11) is 1.08. The molecular formula is C14H25N2O12-. The molecule has 6 N–H and O–H groups in total.